The van der Waals surface area contributed by atoms with Crippen LogP contribution in [0.3, 0.4) is 0 Å². The van der Waals surface area contributed by atoms with Crippen molar-refractivity contribution in [1.82, 2.24) is 24.8 Å². The van der Waals surface area contributed by atoms with E-state index in [0.29, 0.717) is 24.5 Å². The molecule has 8 nitrogen and oxygen atoms in total. The molecule has 3 aliphatic rings. The Balaban J connectivity index is 1.18. The summed E-state index contributed by atoms with van der Waals surface area (Å²) >= 11 is 0. The Morgan fingerprint density at radius 2 is 1.78 bits per heavy atom. The van der Waals surface area contributed by atoms with Crippen molar-refractivity contribution >= 4 is 17.3 Å². The van der Waals surface area contributed by atoms with E-state index in [1.165, 1.54) is 29.7 Å². The highest BCUT2D eigenvalue weighted by molar-refractivity contribution is 5.63. The van der Waals surface area contributed by atoms with Crippen molar-refractivity contribution < 1.29 is 17.9 Å². The van der Waals surface area contributed by atoms with Gasteiger partial charge < -0.3 is 15.0 Å². The predicted octanol–water partition coefficient (Wildman–Crippen LogP) is 4.62. The maximum atomic E-state index is 13.6. The molecule has 0 aliphatic carbocycles. The molecule has 3 aliphatic heterocycles. The van der Waals surface area contributed by atoms with Gasteiger partial charge in [0, 0.05) is 68.7 Å². The van der Waals surface area contributed by atoms with Gasteiger partial charge in [-0.25, -0.2) is 15.0 Å². The third-order valence-electron chi connectivity index (χ3n) is 8.34. The van der Waals surface area contributed by atoms with Crippen molar-refractivity contribution in [2.45, 2.75) is 44.9 Å². The molecule has 218 valence electrons. The minimum atomic E-state index is -4.47. The van der Waals surface area contributed by atoms with Gasteiger partial charge in [-0.2, -0.15) is 13.2 Å². The van der Waals surface area contributed by atoms with E-state index in [4.69, 9.17) is 4.74 Å². The number of aromatic nitrogens is 3. The molecule has 1 saturated heterocycles. The quantitative estimate of drug-likeness (QED) is 0.463. The van der Waals surface area contributed by atoms with Gasteiger partial charge in [0.25, 0.3) is 0 Å². The van der Waals surface area contributed by atoms with Crippen molar-refractivity contribution in [3.8, 4) is 0 Å². The Labute approximate surface area is 238 Å². The standard InChI is InChI=1S/C30H36F3N7O/c1-29(2)19-39(11-10-38-12-14-41-15-13-38)17-21-16-22(5-6-24(21)29)37-27-23-7-9-40(18-26(23)35-20-36-27)28-25(30(31,32)33)4-3-8-34-28/h3-6,8,16,20H,7,9-15,17-19H2,1-2H3,(H,35,36,37). The van der Waals surface area contributed by atoms with Crippen LogP contribution in [0.2, 0.25) is 0 Å². The summed E-state index contributed by atoms with van der Waals surface area (Å²) in [6.45, 7) is 12.8. The van der Waals surface area contributed by atoms with Crippen molar-refractivity contribution in [2.24, 2.45) is 0 Å². The van der Waals surface area contributed by atoms with E-state index in [1.54, 1.807) is 4.90 Å². The van der Waals surface area contributed by atoms with E-state index in [-0.39, 0.29) is 17.8 Å². The van der Waals surface area contributed by atoms with Gasteiger partial charge in [0.1, 0.15) is 18.0 Å². The average molecular weight is 568 g/mol. The Morgan fingerprint density at radius 3 is 2.59 bits per heavy atom. The van der Waals surface area contributed by atoms with Gasteiger partial charge in [-0.05, 0) is 41.8 Å². The molecule has 1 N–H and O–H groups in total. The smallest absolute Gasteiger partial charge is 0.379 e. The van der Waals surface area contributed by atoms with Crippen LogP contribution >= 0.6 is 0 Å². The Morgan fingerprint density at radius 1 is 0.976 bits per heavy atom. The van der Waals surface area contributed by atoms with Crippen molar-refractivity contribution in [3.63, 3.8) is 0 Å². The molecule has 0 saturated carbocycles. The lowest BCUT2D eigenvalue weighted by molar-refractivity contribution is -0.137. The number of benzene rings is 1. The highest BCUT2D eigenvalue weighted by Gasteiger charge is 2.37. The summed E-state index contributed by atoms with van der Waals surface area (Å²) in [6, 6.07) is 8.91. The Hall–Kier alpha value is -3.28. The van der Waals surface area contributed by atoms with E-state index < -0.39 is 11.7 Å². The fourth-order valence-corrected chi connectivity index (χ4v) is 6.32. The maximum Gasteiger partial charge on any atom is 0.419 e. The number of pyridine rings is 1. The number of fused-ring (bicyclic) bond motifs is 2. The van der Waals surface area contributed by atoms with Crippen LogP contribution in [0.15, 0.2) is 42.9 Å². The molecule has 6 rings (SSSR count). The first-order chi connectivity index (χ1) is 19.7. The molecule has 1 aromatic carbocycles. The lowest BCUT2D eigenvalue weighted by Crippen LogP contribution is -2.46. The number of anilines is 3. The summed E-state index contributed by atoms with van der Waals surface area (Å²) in [5.74, 6) is 0.639. The molecule has 1 fully saturated rings. The molecule has 2 aromatic heterocycles. The zero-order valence-corrected chi connectivity index (χ0v) is 23.5. The number of hydrogen-bond donors (Lipinski definition) is 1. The van der Waals surface area contributed by atoms with Crippen LogP contribution in [0.25, 0.3) is 0 Å². The minimum absolute atomic E-state index is 0.0371. The molecule has 0 bridgehead atoms. The number of morpholine rings is 1. The monoisotopic (exact) mass is 567 g/mol. The van der Waals surface area contributed by atoms with Gasteiger partial charge in [0.05, 0.1) is 31.0 Å². The molecule has 0 radical (unpaired) electrons. The summed E-state index contributed by atoms with van der Waals surface area (Å²) < 4.78 is 46.3. The number of nitrogens with zero attached hydrogens (tertiary/aromatic N) is 6. The molecule has 11 heteroatoms. The van der Waals surface area contributed by atoms with Crippen LogP contribution in [-0.4, -0.2) is 77.2 Å². The molecule has 0 unspecified atom stereocenters. The summed E-state index contributed by atoms with van der Waals surface area (Å²) in [5, 5.41) is 3.49. The van der Waals surface area contributed by atoms with E-state index in [1.807, 2.05) is 0 Å². The van der Waals surface area contributed by atoms with Gasteiger partial charge in [-0.1, -0.05) is 19.9 Å². The van der Waals surface area contributed by atoms with Crippen LogP contribution in [-0.2, 0) is 35.8 Å². The van der Waals surface area contributed by atoms with Gasteiger partial charge >= 0.3 is 6.18 Å². The molecular formula is C30H36F3N7O. The van der Waals surface area contributed by atoms with Crippen molar-refractivity contribution in [2.75, 3.05) is 62.7 Å². The topological polar surface area (TPSA) is 69.7 Å². The second-order valence-corrected chi connectivity index (χ2v) is 11.7. The number of ether oxygens (including phenoxy) is 1. The first-order valence-electron chi connectivity index (χ1n) is 14.2. The molecule has 5 heterocycles. The largest absolute Gasteiger partial charge is 0.419 e. The zero-order valence-electron chi connectivity index (χ0n) is 23.5. The first-order valence-corrected chi connectivity index (χ1v) is 14.2. The number of halogens is 3. The molecule has 0 atom stereocenters. The van der Waals surface area contributed by atoms with Gasteiger partial charge in [-0.3, -0.25) is 9.80 Å². The Bertz CT molecular complexity index is 1390. The van der Waals surface area contributed by atoms with E-state index in [2.05, 4.69) is 62.1 Å². The predicted molar refractivity (Wildman–Crippen MR) is 151 cm³/mol. The van der Waals surface area contributed by atoms with E-state index in [0.717, 1.165) is 69.8 Å². The van der Waals surface area contributed by atoms with Gasteiger partial charge in [0.15, 0.2) is 0 Å². The number of hydrogen-bond acceptors (Lipinski definition) is 8. The summed E-state index contributed by atoms with van der Waals surface area (Å²) in [6.07, 6.45) is -1.09. The normalized spacial score (nSPS) is 19.5. The number of rotatable bonds is 6. The minimum Gasteiger partial charge on any atom is -0.379 e. The SMILES string of the molecule is CC1(C)CN(CCN2CCOCC2)Cc2cc(Nc3ncnc4c3CCN(c3ncccc3C(F)(F)F)C4)ccc21. The third-order valence-corrected chi connectivity index (χ3v) is 8.34. The molecular weight excluding hydrogens is 531 g/mol. The van der Waals surface area contributed by atoms with Gasteiger partial charge in [0.2, 0.25) is 0 Å². The molecule has 0 amide bonds. The van der Waals surface area contributed by atoms with Crippen molar-refractivity contribution in [3.05, 3.63) is 70.8 Å². The highest BCUT2D eigenvalue weighted by atomic mass is 19.4. The molecule has 41 heavy (non-hydrogen) atoms. The summed E-state index contributed by atoms with van der Waals surface area (Å²) in [7, 11) is 0. The second kappa shape index (κ2) is 11.2. The van der Waals surface area contributed by atoms with Crippen LogP contribution in [0.4, 0.5) is 30.5 Å². The van der Waals surface area contributed by atoms with Gasteiger partial charge in [-0.15, -0.1) is 0 Å². The zero-order chi connectivity index (χ0) is 28.6. The fraction of sp³-hybridized carbons (Fsp3) is 0.500. The summed E-state index contributed by atoms with van der Waals surface area (Å²) in [4.78, 5) is 19.7. The van der Waals surface area contributed by atoms with E-state index in [9.17, 15) is 13.2 Å². The summed E-state index contributed by atoms with van der Waals surface area (Å²) in [5.41, 5.74) is 4.56. The second-order valence-electron chi connectivity index (χ2n) is 11.7. The van der Waals surface area contributed by atoms with Crippen LogP contribution < -0.4 is 10.2 Å². The lowest BCUT2D eigenvalue weighted by atomic mass is 9.78. The van der Waals surface area contributed by atoms with Crippen molar-refractivity contribution in [1.29, 1.82) is 0 Å². The Kier molecular flexibility index (Phi) is 7.60. The van der Waals surface area contributed by atoms with E-state index >= 15 is 0 Å². The third kappa shape index (κ3) is 6.02. The fourth-order valence-electron chi connectivity index (χ4n) is 6.32. The van der Waals surface area contributed by atoms with Crippen LogP contribution in [0.1, 0.15) is 41.8 Å². The highest BCUT2D eigenvalue weighted by Crippen LogP contribution is 2.38. The molecule has 3 aromatic rings. The lowest BCUT2D eigenvalue weighted by Gasteiger charge is -2.41. The number of nitrogens with one attached hydrogen (secondary N) is 1. The maximum absolute atomic E-state index is 13.6. The number of alkyl halides is 3. The van der Waals surface area contributed by atoms with Crippen LogP contribution in [0, 0.1) is 0 Å². The van der Waals surface area contributed by atoms with Crippen LogP contribution in [0.5, 0.6) is 0 Å². The first kappa shape index (κ1) is 27.9. The average Bonchev–Trinajstić information content (AvgIpc) is 2.95. The molecule has 0 spiro atoms.